The molecule has 1 aliphatic rings. The third-order valence-electron chi connectivity index (χ3n) is 2.33. The van der Waals surface area contributed by atoms with E-state index in [1.54, 1.807) is 0 Å². The summed E-state index contributed by atoms with van der Waals surface area (Å²) in [7, 11) is 0. The number of aromatic nitrogens is 1. The highest BCUT2D eigenvalue weighted by Gasteiger charge is 2.12. The van der Waals surface area contributed by atoms with Crippen LogP contribution in [0.4, 0.5) is 0 Å². The van der Waals surface area contributed by atoms with Crippen LogP contribution in [0, 0.1) is 0 Å². The molecule has 0 aromatic carbocycles. The normalized spacial score (nSPS) is 15.4. The van der Waals surface area contributed by atoms with Gasteiger partial charge >= 0.3 is 0 Å². The van der Waals surface area contributed by atoms with Crippen molar-refractivity contribution in [3.05, 3.63) is 23.0 Å². The van der Waals surface area contributed by atoms with E-state index in [0.29, 0.717) is 0 Å². The highest BCUT2D eigenvalue weighted by Crippen LogP contribution is 2.21. The first-order valence-electron chi connectivity index (χ1n) is 4.30. The Morgan fingerprint density at radius 3 is 3.09 bits per heavy atom. The number of nitrogens with one attached hydrogen (secondary N) is 1. The first kappa shape index (κ1) is 6.92. The van der Waals surface area contributed by atoms with Crippen molar-refractivity contribution in [2.24, 2.45) is 5.73 Å². The van der Waals surface area contributed by atoms with Gasteiger partial charge in [0.25, 0.3) is 0 Å². The summed E-state index contributed by atoms with van der Waals surface area (Å²) in [6, 6.07) is 2.27. The Hall–Kier alpha value is -0.760. The second kappa shape index (κ2) is 2.70. The number of aryl methyl sites for hydroxylation is 2. The van der Waals surface area contributed by atoms with Gasteiger partial charge in [-0.15, -0.1) is 0 Å². The van der Waals surface area contributed by atoms with Gasteiger partial charge in [-0.1, -0.05) is 0 Å². The Balaban J connectivity index is 2.20. The third-order valence-corrected chi connectivity index (χ3v) is 2.33. The lowest BCUT2D eigenvalue weighted by Crippen LogP contribution is -2.02. The van der Waals surface area contributed by atoms with Crippen molar-refractivity contribution in [3.63, 3.8) is 0 Å². The van der Waals surface area contributed by atoms with E-state index < -0.39 is 0 Å². The first-order chi connectivity index (χ1) is 5.40. The van der Waals surface area contributed by atoms with E-state index >= 15 is 0 Å². The smallest absolute Gasteiger partial charge is 0.0181 e. The van der Waals surface area contributed by atoms with Crippen LogP contribution < -0.4 is 5.73 Å². The van der Waals surface area contributed by atoms with Crippen LogP contribution >= 0.6 is 0 Å². The first-order valence-corrected chi connectivity index (χ1v) is 4.30. The molecule has 0 saturated carbocycles. The maximum Gasteiger partial charge on any atom is 0.0181 e. The summed E-state index contributed by atoms with van der Waals surface area (Å²) in [6.45, 7) is 0.749. The van der Waals surface area contributed by atoms with Gasteiger partial charge in [-0.3, -0.25) is 0 Å². The highest BCUT2D eigenvalue weighted by molar-refractivity contribution is 5.29. The molecule has 0 fully saturated rings. The molecule has 2 nitrogen and oxygen atoms in total. The molecule has 0 saturated heterocycles. The lowest BCUT2D eigenvalue weighted by atomic mass is 10.2. The summed E-state index contributed by atoms with van der Waals surface area (Å²) in [6.07, 6.45) is 4.81. The van der Waals surface area contributed by atoms with Gasteiger partial charge in [-0.25, -0.2) is 0 Å². The number of aromatic amines is 1. The quantitative estimate of drug-likeness (QED) is 0.649. The van der Waals surface area contributed by atoms with E-state index in [2.05, 4.69) is 11.1 Å². The monoisotopic (exact) mass is 150 g/mol. The fourth-order valence-electron chi connectivity index (χ4n) is 1.80. The predicted octanol–water partition coefficient (Wildman–Crippen LogP) is 1.00. The average Bonchev–Trinajstić information content (AvgIpc) is 2.46. The molecule has 0 radical (unpaired) electrons. The molecule has 0 unspecified atom stereocenters. The van der Waals surface area contributed by atoms with Crippen molar-refractivity contribution in [1.82, 2.24) is 4.98 Å². The molecular weight excluding hydrogens is 136 g/mol. The Bertz CT molecular complexity index is 229. The molecule has 3 N–H and O–H groups in total. The van der Waals surface area contributed by atoms with Gasteiger partial charge in [0, 0.05) is 11.4 Å². The van der Waals surface area contributed by atoms with Crippen LogP contribution in [0.15, 0.2) is 6.07 Å². The zero-order chi connectivity index (χ0) is 7.68. The molecule has 0 atom stereocenters. The van der Waals surface area contributed by atoms with Crippen LogP contribution in [0.2, 0.25) is 0 Å². The van der Waals surface area contributed by atoms with Crippen LogP contribution in [-0.4, -0.2) is 11.5 Å². The van der Waals surface area contributed by atoms with Crippen molar-refractivity contribution in [3.8, 4) is 0 Å². The second-order valence-electron chi connectivity index (χ2n) is 3.19. The molecular formula is C9H14N2. The van der Waals surface area contributed by atoms with Gasteiger partial charge in [-0.2, -0.15) is 0 Å². The molecule has 1 aromatic heterocycles. The van der Waals surface area contributed by atoms with E-state index in [-0.39, 0.29) is 0 Å². The summed E-state index contributed by atoms with van der Waals surface area (Å²) >= 11 is 0. The van der Waals surface area contributed by atoms with E-state index in [0.717, 1.165) is 13.0 Å². The summed E-state index contributed by atoms with van der Waals surface area (Å²) in [5, 5.41) is 0. The van der Waals surface area contributed by atoms with Crippen LogP contribution in [0.5, 0.6) is 0 Å². The number of hydrogen-bond donors (Lipinski definition) is 2. The molecule has 1 aromatic rings. The van der Waals surface area contributed by atoms with Gasteiger partial charge in [0.1, 0.15) is 0 Å². The van der Waals surface area contributed by atoms with Crippen LogP contribution in [0.1, 0.15) is 23.4 Å². The number of nitrogens with two attached hydrogens (primary N) is 1. The minimum atomic E-state index is 0.749. The fraction of sp³-hybridized carbons (Fsp3) is 0.556. The number of rotatable bonds is 2. The minimum Gasteiger partial charge on any atom is -0.362 e. The second-order valence-corrected chi connectivity index (χ2v) is 3.19. The molecule has 1 heterocycles. The lowest BCUT2D eigenvalue weighted by Gasteiger charge is -1.92. The van der Waals surface area contributed by atoms with Gasteiger partial charge in [0.2, 0.25) is 0 Å². The number of hydrogen-bond acceptors (Lipinski definition) is 1. The standard InChI is InChI=1S/C9H14N2/c10-5-4-8-6-7-2-1-3-9(7)11-8/h6,11H,1-5,10H2. The Morgan fingerprint density at radius 2 is 2.36 bits per heavy atom. The zero-order valence-electron chi connectivity index (χ0n) is 6.69. The van der Waals surface area contributed by atoms with E-state index in [1.165, 1.54) is 36.2 Å². The van der Waals surface area contributed by atoms with Crippen LogP contribution in [0.25, 0.3) is 0 Å². The summed E-state index contributed by atoms with van der Waals surface area (Å²) in [4.78, 5) is 3.41. The van der Waals surface area contributed by atoms with Crippen LogP contribution in [0.3, 0.4) is 0 Å². The van der Waals surface area contributed by atoms with Crippen molar-refractivity contribution < 1.29 is 0 Å². The van der Waals surface area contributed by atoms with Gasteiger partial charge in [-0.05, 0) is 43.9 Å². The fourth-order valence-corrected chi connectivity index (χ4v) is 1.80. The number of H-pyrrole nitrogens is 1. The maximum atomic E-state index is 5.46. The summed E-state index contributed by atoms with van der Waals surface area (Å²) < 4.78 is 0. The topological polar surface area (TPSA) is 41.8 Å². The molecule has 2 rings (SSSR count). The van der Waals surface area contributed by atoms with Crippen molar-refractivity contribution in [2.45, 2.75) is 25.7 Å². The van der Waals surface area contributed by atoms with E-state index in [4.69, 9.17) is 5.73 Å². The summed E-state index contributed by atoms with van der Waals surface area (Å²) in [5.74, 6) is 0. The van der Waals surface area contributed by atoms with Gasteiger partial charge in [0.15, 0.2) is 0 Å². The maximum absolute atomic E-state index is 5.46. The molecule has 0 spiro atoms. The van der Waals surface area contributed by atoms with E-state index in [1.807, 2.05) is 0 Å². The molecule has 2 heteroatoms. The zero-order valence-corrected chi connectivity index (χ0v) is 6.69. The third kappa shape index (κ3) is 1.18. The van der Waals surface area contributed by atoms with Crippen molar-refractivity contribution in [2.75, 3.05) is 6.54 Å². The Kier molecular flexibility index (Phi) is 1.70. The average molecular weight is 150 g/mol. The lowest BCUT2D eigenvalue weighted by molar-refractivity contribution is 0.865. The number of fused-ring (bicyclic) bond motifs is 1. The molecule has 0 bridgehead atoms. The molecule has 11 heavy (non-hydrogen) atoms. The summed E-state index contributed by atoms with van der Waals surface area (Å²) in [5.41, 5.74) is 9.75. The molecule has 0 amide bonds. The van der Waals surface area contributed by atoms with Crippen molar-refractivity contribution in [1.29, 1.82) is 0 Å². The van der Waals surface area contributed by atoms with Gasteiger partial charge in [0.05, 0.1) is 0 Å². The largest absolute Gasteiger partial charge is 0.362 e. The van der Waals surface area contributed by atoms with Crippen molar-refractivity contribution >= 4 is 0 Å². The molecule has 60 valence electrons. The van der Waals surface area contributed by atoms with E-state index in [9.17, 15) is 0 Å². The Labute approximate surface area is 66.8 Å². The molecule has 0 aliphatic heterocycles. The van der Waals surface area contributed by atoms with Gasteiger partial charge < -0.3 is 10.7 Å². The Morgan fingerprint density at radius 1 is 1.45 bits per heavy atom. The SMILES string of the molecule is NCCc1cc2c([nH]1)CCC2. The van der Waals surface area contributed by atoms with Crippen LogP contribution in [-0.2, 0) is 19.3 Å². The predicted molar refractivity (Wildman–Crippen MR) is 45.6 cm³/mol. The highest BCUT2D eigenvalue weighted by atomic mass is 14.7. The molecule has 1 aliphatic carbocycles. The minimum absolute atomic E-state index is 0.749.